The van der Waals surface area contributed by atoms with Gasteiger partial charge in [0.05, 0.1) is 7.11 Å². The van der Waals surface area contributed by atoms with Gasteiger partial charge in [0.15, 0.2) is 0 Å². The van der Waals surface area contributed by atoms with Crippen LogP contribution in [0.5, 0.6) is 5.75 Å². The molecule has 0 fully saturated rings. The van der Waals surface area contributed by atoms with Gasteiger partial charge in [-0.1, -0.05) is 6.07 Å². The van der Waals surface area contributed by atoms with Crippen LogP contribution in [0, 0.1) is 13.8 Å². The Morgan fingerprint density at radius 2 is 1.94 bits per heavy atom. The molecule has 0 saturated carbocycles. The van der Waals surface area contributed by atoms with Crippen molar-refractivity contribution in [1.82, 2.24) is 5.32 Å². The van der Waals surface area contributed by atoms with E-state index < -0.39 is 11.5 Å². The summed E-state index contributed by atoms with van der Waals surface area (Å²) in [4.78, 5) is 11.0. The third-order valence-electron chi connectivity index (χ3n) is 3.11. The van der Waals surface area contributed by atoms with Gasteiger partial charge in [-0.2, -0.15) is 0 Å². The van der Waals surface area contributed by atoms with Gasteiger partial charge < -0.3 is 9.84 Å². The molecule has 100 valence electrons. The summed E-state index contributed by atoms with van der Waals surface area (Å²) >= 11 is 0. The quantitative estimate of drug-likeness (QED) is 0.842. The van der Waals surface area contributed by atoms with Crippen molar-refractivity contribution in [3.8, 4) is 5.75 Å². The van der Waals surface area contributed by atoms with Crippen molar-refractivity contribution in [3.05, 3.63) is 28.8 Å². The molecule has 1 aromatic rings. The zero-order chi connectivity index (χ0) is 13.9. The molecule has 0 amide bonds. The van der Waals surface area contributed by atoms with Crippen LogP contribution in [0.3, 0.4) is 0 Å². The molecular formula is C14H21NO3. The van der Waals surface area contributed by atoms with Gasteiger partial charge in [0, 0.05) is 6.54 Å². The molecule has 0 heterocycles. The third-order valence-corrected chi connectivity index (χ3v) is 3.11. The highest BCUT2D eigenvalue weighted by Gasteiger charge is 2.26. The fraction of sp³-hybridized carbons (Fsp3) is 0.500. The van der Waals surface area contributed by atoms with Gasteiger partial charge >= 0.3 is 5.97 Å². The highest BCUT2D eigenvalue weighted by atomic mass is 16.5. The lowest BCUT2D eigenvalue weighted by atomic mass is 10.0. The molecule has 0 spiro atoms. The molecule has 0 atom stereocenters. The summed E-state index contributed by atoms with van der Waals surface area (Å²) in [5.41, 5.74) is 2.29. The summed E-state index contributed by atoms with van der Waals surface area (Å²) in [6, 6.07) is 4.00. The first-order valence-electron chi connectivity index (χ1n) is 5.90. The number of methoxy groups -OCH3 is 1. The summed E-state index contributed by atoms with van der Waals surface area (Å²) in [7, 11) is 1.65. The molecule has 0 bridgehead atoms. The van der Waals surface area contributed by atoms with Crippen LogP contribution >= 0.6 is 0 Å². The highest BCUT2D eigenvalue weighted by Crippen LogP contribution is 2.22. The van der Waals surface area contributed by atoms with Crippen molar-refractivity contribution in [2.24, 2.45) is 0 Å². The average molecular weight is 251 g/mol. The number of benzene rings is 1. The maximum atomic E-state index is 11.0. The van der Waals surface area contributed by atoms with Crippen molar-refractivity contribution in [1.29, 1.82) is 0 Å². The zero-order valence-electron chi connectivity index (χ0n) is 11.6. The average Bonchev–Trinajstić information content (AvgIpc) is 2.29. The van der Waals surface area contributed by atoms with Crippen LogP contribution in [0.4, 0.5) is 0 Å². The maximum Gasteiger partial charge on any atom is 0.323 e. The predicted molar refractivity (Wildman–Crippen MR) is 71.0 cm³/mol. The largest absolute Gasteiger partial charge is 0.496 e. The van der Waals surface area contributed by atoms with Gasteiger partial charge in [0.25, 0.3) is 0 Å². The molecule has 4 nitrogen and oxygen atoms in total. The molecule has 1 rings (SSSR count). The number of aryl methyl sites for hydroxylation is 2. The molecule has 0 aliphatic carbocycles. The summed E-state index contributed by atoms with van der Waals surface area (Å²) in [6.07, 6.45) is 0. The molecule has 0 aliphatic rings. The highest BCUT2D eigenvalue weighted by molar-refractivity contribution is 5.77. The van der Waals surface area contributed by atoms with Gasteiger partial charge in [0.1, 0.15) is 11.3 Å². The van der Waals surface area contributed by atoms with Crippen LogP contribution in [0.2, 0.25) is 0 Å². The lowest BCUT2D eigenvalue weighted by Gasteiger charge is -2.22. The standard InChI is InChI=1S/C14H21NO3/c1-9-7-12(18-5)10(2)6-11(9)8-15-14(3,4)13(16)17/h6-7,15H,8H2,1-5H3,(H,16,17). The van der Waals surface area contributed by atoms with E-state index in [1.807, 2.05) is 26.0 Å². The van der Waals surface area contributed by atoms with E-state index in [1.165, 1.54) is 0 Å². The topological polar surface area (TPSA) is 58.6 Å². The summed E-state index contributed by atoms with van der Waals surface area (Å²) in [6.45, 7) is 7.80. The Labute approximate surface area is 108 Å². The predicted octanol–water partition coefficient (Wildman–Crippen LogP) is 2.26. The number of aliphatic carboxylic acids is 1. The van der Waals surface area contributed by atoms with E-state index in [9.17, 15) is 4.79 Å². The minimum atomic E-state index is -0.930. The molecule has 0 radical (unpaired) electrons. The van der Waals surface area contributed by atoms with E-state index in [-0.39, 0.29) is 0 Å². The number of carbonyl (C=O) groups is 1. The van der Waals surface area contributed by atoms with Crippen LogP contribution in [0.25, 0.3) is 0 Å². The summed E-state index contributed by atoms with van der Waals surface area (Å²) in [5.74, 6) is -0.000804. The first kappa shape index (κ1) is 14.5. The van der Waals surface area contributed by atoms with Crippen LogP contribution < -0.4 is 10.1 Å². The smallest absolute Gasteiger partial charge is 0.323 e. The number of carboxylic acid groups (broad SMARTS) is 1. The van der Waals surface area contributed by atoms with E-state index in [1.54, 1.807) is 21.0 Å². The fourth-order valence-electron chi connectivity index (χ4n) is 1.65. The first-order chi connectivity index (χ1) is 8.27. The Bertz CT molecular complexity index is 453. The van der Waals surface area contributed by atoms with E-state index in [0.717, 1.165) is 22.4 Å². The van der Waals surface area contributed by atoms with E-state index in [0.29, 0.717) is 6.54 Å². The number of hydrogen-bond donors (Lipinski definition) is 2. The minimum Gasteiger partial charge on any atom is -0.496 e. The number of hydrogen-bond acceptors (Lipinski definition) is 3. The van der Waals surface area contributed by atoms with E-state index >= 15 is 0 Å². The first-order valence-corrected chi connectivity index (χ1v) is 5.90. The summed E-state index contributed by atoms with van der Waals surface area (Å²) in [5, 5.41) is 12.1. The Hall–Kier alpha value is -1.55. The Balaban J connectivity index is 2.86. The lowest BCUT2D eigenvalue weighted by Crippen LogP contribution is -2.46. The molecule has 0 aromatic heterocycles. The van der Waals surface area contributed by atoms with Gasteiger partial charge in [-0.3, -0.25) is 10.1 Å². The normalized spacial score (nSPS) is 11.4. The molecule has 4 heteroatoms. The second-order valence-corrected chi connectivity index (χ2v) is 5.03. The Morgan fingerprint density at radius 1 is 1.33 bits per heavy atom. The van der Waals surface area contributed by atoms with E-state index in [4.69, 9.17) is 9.84 Å². The van der Waals surface area contributed by atoms with Crippen molar-refractivity contribution >= 4 is 5.97 Å². The van der Waals surface area contributed by atoms with E-state index in [2.05, 4.69) is 5.32 Å². The molecule has 0 saturated heterocycles. The summed E-state index contributed by atoms with van der Waals surface area (Å²) < 4.78 is 5.25. The maximum absolute atomic E-state index is 11.0. The second kappa shape index (κ2) is 5.40. The molecule has 18 heavy (non-hydrogen) atoms. The van der Waals surface area contributed by atoms with Crippen LogP contribution in [0.15, 0.2) is 12.1 Å². The third kappa shape index (κ3) is 3.23. The van der Waals surface area contributed by atoms with Crippen LogP contribution in [0.1, 0.15) is 30.5 Å². The van der Waals surface area contributed by atoms with Gasteiger partial charge in [-0.15, -0.1) is 0 Å². The van der Waals surface area contributed by atoms with Crippen molar-refractivity contribution < 1.29 is 14.6 Å². The van der Waals surface area contributed by atoms with Gasteiger partial charge in [-0.25, -0.2) is 0 Å². The number of carboxylic acids is 1. The van der Waals surface area contributed by atoms with Crippen molar-refractivity contribution in [2.45, 2.75) is 39.8 Å². The van der Waals surface area contributed by atoms with Crippen LogP contribution in [-0.2, 0) is 11.3 Å². The Kier molecular flexibility index (Phi) is 4.35. The van der Waals surface area contributed by atoms with Crippen molar-refractivity contribution in [2.75, 3.05) is 7.11 Å². The molecule has 0 unspecified atom stereocenters. The molecular weight excluding hydrogens is 230 g/mol. The number of rotatable bonds is 5. The minimum absolute atomic E-state index is 0.524. The fourth-order valence-corrected chi connectivity index (χ4v) is 1.65. The number of ether oxygens (including phenoxy) is 1. The monoisotopic (exact) mass is 251 g/mol. The molecule has 2 N–H and O–H groups in total. The SMILES string of the molecule is COc1cc(C)c(CNC(C)(C)C(=O)O)cc1C. The van der Waals surface area contributed by atoms with Gasteiger partial charge in [0.2, 0.25) is 0 Å². The Morgan fingerprint density at radius 3 is 2.44 bits per heavy atom. The zero-order valence-corrected chi connectivity index (χ0v) is 11.6. The van der Waals surface area contributed by atoms with Crippen molar-refractivity contribution in [3.63, 3.8) is 0 Å². The second-order valence-electron chi connectivity index (χ2n) is 5.03. The van der Waals surface area contributed by atoms with Crippen LogP contribution in [-0.4, -0.2) is 23.7 Å². The lowest BCUT2D eigenvalue weighted by molar-refractivity contribution is -0.143. The number of nitrogens with one attached hydrogen (secondary N) is 1. The molecule has 0 aliphatic heterocycles. The molecule has 1 aromatic carbocycles. The van der Waals surface area contributed by atoms with Gasteiger partial charge in [-0.05, 0) is 50.5 Å².